The van der Waals surface area contributed by atoms with Crippen molar-refractivity contribution in [2.75, 3.05) is 26.1 Å². The molecule has 4 aromatic rings. The maximum atomic E-state index is 14.6. The Labute approximate surface area is 204 Å². The van der Waals surface area contributed by atoms with E-state index in [9.17, 15) is 13.6 Å². The summed E-state index contributed by atoms with van der Waals surface area (Å²) < 4.78 is 39.2. The summed E-state index contributed by atoms with van der Waals surface area (Å²) >= 11 is 1.36. The second-order valence-corrected chi connectivity index (χ2v) is 8.78. The van der Waals surface area contributed by atoms with Crippen molar-refractivity contribution in [2.24, 2.45) is 5.73 Å². The van der Waals surface area contributed by atoms with Crippen LogP contribution in [0.25, 0.3) is 21.7 Å². The molecule has 0 saturated carbocycles. The number of hydrogen-bond acceptors (Lipinski definition) is 7. The summed E-state index contributed by atoms with van der Waals surface area (Å²) in [6.07, 6.45) is 1.76. The predicted molar refractivity (Wildman–Crippen MR) is 131 cm³/mol. The number of amides is 1. The van der Waals surface area contributed by atoms with Crippen LogP contribution in [0.1, 0.15) is 15.4 Å². The van der Waals surface area contributed by atoms with Gasteiger partial charge >= 0.3 is 0 Å². The third kappa shape index (κ3) is 5.07. The maximum Gasteiger partial charge on any atom is 0.254 e. The number of thiazole rings is 1. The first-order chi connectivity index (χ1) is 16.8. The average Bonchev–Trinajstić information content (AvgIpc) is 3.28. The standard InChI is InChI=1S/C25H22F2N4O3S/c1-31(2)19-11-6-15(12-29-19)24-23(14-4-7-16(33-3)8-5-14)30-20(35-24)13-34-18-10-9-17(26)21(22(18)27)25(28)32/h4-12H,13H2,1-3H3,(H2,28,32). The number of pyridine rings is 1. The fourth-order valence-electron chi connectivity index (χ4n) is 3.36. The number of methoxy groups -OCH3 is 1. The number of halogens is 2. The fraction of sp³-hybridized carbons (Fsp3) is 0.160. The first-order valence-corrected chi connectivity index (χ1v) is 11.3. The van der Waals surface area contributed by atoms with Gasteiger partial charge in [0.2, 0.25) is 0 Å². The molecule has 1 amide bonds. The van der Waals surface area contributed by atoms with Gasteiger partial charge in [-0.3, -0.25) is 4.79 Å². The topological polar surface area (TPSA) is 90.6 Å². The molecule has 0 radical (unpaired) electrons. The van der Waals surface area contributed by atoms with Crippen LogP contribution in [0.3, 0.4) is 0 Å². The van der Waals surface area contributed by atoms with Gasteiger partial charge in [0.25, 0.3) is 5.91 Å². The molecule has 10 heteroatoms. The van der Waals surface area contributed by atoms with Crippen LogP contribution in [0.15, 0.2) is 54.7 Å². The number of hydrogen-bond donors (Lipinski definition) is 1. The fourth-order valence-corrected chi connectivity index (χ4v) is 4.35. The molecular weight excluding hydrogens is 474 g/mol. The summed E-state index contributed by atoms with van der Waals surface area (Å²) in [5.74, 6) is -2.17. The number of aromatic nitrogens is 2. The van der Waals surface area contributed by atoms with Gasteiger partial charge in [0.15, 0.2) is 11.6 Å². The molecule has 2 aromatic carbocycles. The van der Waals surface area contributed by atoms with Crippen molar-refractivity contribution in [1.82, 2.24) is 9.97 Å². The normalized spacial score (nSPS) is 10.8. The minimum Gasteiger partial charge on any atom is -0.497 e. The van der Waals surface area contributed by atoms with Gasteiger partial charge in [0, 0.05) is 31.4 Å². The van der Waals surface area contributed by atoms with Crippen LogP contribution in [0.2, 0.25) is 0 Å². The SMILES string of the molecule is COc1ccc(-c2nc(COc3ccc(F)c(C(N)=O)c3F)sc2-c2ccc(N(C)C)nc2)cc1. The number of anilines is 1. The summed E-state index contributed by atoms with van der Waals surface area (Å²) in [4.78, 5) is 23.4. The number of primary amides is 1. The Bertz CT molecular complexity index is 1360. The van der Waals surface area contributed by atoms with Crippen LogP contribution in [0, 0.1) is 11.6 Å². The second-order valence-electron chi connectivity index (χ2n) is 7.70. The van der Waals surface area contributed by atoms with E-state index in [0.717, 1.165) is 34.0 Å². The lowest BCUT2D eigenvalue weighted by Gasteiger charge is -2.11. The molecule has 0 unspecified atom stereocenters. The van der Waals surface area contributed by atoms with E-state index in [2.05, 4.69) is 4.98 Å². The summed E-state index contributed by atoms with van der Waals surface area (Å²) in [6.45, 7) is -0.0994. The predicted octanol–water partition coefficient (Wildman–Crippen LogP) is 4.90. The lowest BCUT2D eigenvalue weighted by molar-refractivity contribution is 0.0991. The van der Waals surface area contributed by atoms with Gasteiger partial charge in [-0.05, 0) is 48.5 Å². The van der Waals surface area contributed by atoms with Crippen molar-refractivity contribution in [2.45, 2.75) is 6.61 Å². The van der Waals surface area contributed by atoms with Crippen molar-refractivity contribution in [3.8, 4) is 33.2 Å². The molecule has 0 aliphatic rings. The Kier molecular flexibility index (Phi) is 6.92. The molecule has 4 rings (SSSR count). The van der Waals surface area contributed by atoms with Gasteiger partial charge in [-0.25, -0.2) is 18.7 Å². The van der Waals surface area contributed by atoms with E-state index >= 15 is 0 Å². The zero-order valence-corrected chi connectivity index (χ0v) is 20.0. The van der Waals surface area contributed by atoms with Crippen molar-refractivity contribution >= 4 is 23.1 Å². The van der Waals surface area contributed by atoms with Gasteiger partial charge in [0.1, 0.15) is 34.6 Å². The van der Waals surface area contributed by atoms with Crippen LogP contribution >= 0.6 is 11.3 Å². The summed E-state index contributed by atoms with van der Waals surface area (Å²) in [5, 5.41) is 0.548. The van der Waals surface area contributed by atoms with Gasteiger partial charge in [0.05, 0.1) is 17.7 Å². The Balaban J connectivity index is 1.69. The first kappa shape index (κ1) is 24.1. The van der Waals surface area contributed by atoms with Crippen molar-refractivity contribution in [3.05, 3.63) is 76.9 Å². The van der Waals surface area contributed by atoms with E-state index in [4.69, 9.17) is 20.2 Å². The molecule has 0 bridgehead atoms. The van der Waals surface area contributed by atoms with Crippen LogP contribution in [-0.2, 0) is 6.61 Å². The Morgan fingerprint density at radius 1 is 1.06 bits per heavy atom. The zero-order chi connectivity index (χ0) is 25.1. The Morgan fingerprint density at radius 3 is 2.37 bits per heavy atom. The summed E-state index contributed by atoms with van der Waals surface area (Å²) in [6, 6.07) is 13.4. The third-order valence-corrected chi connectivity index (χ3v) is 6.23. The van der Waals surface area contributed by atoms with Gasteiger partial charge in [-0.15, -0.1) is 11.3 Å². The molecule has 0 spiro atoms. The minimum atomic E-state index is -1.21. The van der Waals surface area contributed by atoms with E-state index < -0.39 is 23.1 Å². The molecule has 0 atom stereocenters. The van der Waals surface area contributed by atoms with Gasteiger partial charge < -0.3 is 20.1 Å². The molecule has 0 aliphatic heterocycles. The monoisotopic (exact) mass is 496 g/mol. The lowest BCUT2D eigenvalue weighted by Crippen LogP contribution is -2.16. The number of ether oxygens (including phenoxy) is 2. The van der Waals surface area contributed by atoms with Crippen LogP contribution in [0.4, 0.5) is 14.6 Å². The highest BCUT2D eigenvalue weighted by Gasteiger charge is 2.21. The maximum absolute atomic E-state index is 14.6. The number of nitrogens with zero attached hydrogens (tertiary/aromatic N) is 3. The highest BCUT2D eigenvalue weighted by Crippen LogP contribution is 2.38. The number of carbonyl (C=O) groups excluding carboxylic acids is 1. The summed E-state index contributed by atoms with van der Waals surface area (Å²) in [7, 11) is 5.41. The molecule has 2 N–H and O–H groups in total. The number of nitrogens with two attached hydrogens (primary N) is 1. The summed E-state index contributed by atoms with van der Waals surface area (Å²) in [5.41, 5.74) is 6.66. The first-order valence-electron chi connectivity index (χ1n) is 10.5. The lowest BCUT2D eigenvalue weighted by atomic mass is 10.1. The number of benzene rings is 2. The van der Waals surface area contributed by atoms with E-state index in [1.807, 2.05) is 55.4 Å². The van der Waals surface area contributed by atoms with Crippen molar-refractivity contribution in [3.63, 3.8) is 0 Å². The van der Waals surface area contributed by atoms with Gasteiger partial charge in [-0.2, -0.15) is 0 Å². The molecule has 0 saturated heterocycles. The molecule has 180 valence electrons. The zero-order valence-electron chi connectivity index (χ0n) is 19.2. The molecule has 35 heavy (non-hydrogen) atoms. The van der Waals surface area contributed by atoms with E-state index in [1.165, 1.54) is 11.3 Å². The molecular formula is C25H22F2N4O3S. The van der Waals surface area contributed by atoms with Crippen molar-refractivity contribution in [1.29, 1.82) is 0 Å². The number of carbonyl (C=O) groups is 1. The van der Waals surface area contributed by atoms with E-state index in [-0.39, 0.29) is 12.4 Å². The van der Waals surface area contributed by atoms with E-state index in [1.54, 1.807) is 13.3 Å². The highest BCUT2D eigenvalue weighted by molar-refractivity contribution is 7.15. The van der Waals surface area contributed by atoms with Crippen LogP contribution in [-0.4, -0.2) is 37.1 Å². The average molecular weight is 497 g/mol. The van der Waals surface area contributed by atoms with Gasteiger partial charge in [-0.1, -0.05) is 0 Å². The third-order valence-electron chi connectivity index (χ3n) is 5.16. The quantitative estimate of drug-likeness (QED) is 0.373. The van der Waals surface area contributed by atoms with Crippen LogP contribution in [0.5, 0.6) is 11.5 Å². The minimum absolute atomic E-state index is 0.0994. The molecule has 2 aromatic heterocycles. The van der Waals surface area contributed by atoms with E-state index in [0.29, 0.717) is 16.5 Å². The molecule has 2 heterocycles. The van der Waals surface area contributed by atoms with Crippen LogP contribution < -0.4 is 20.1 Å². The number of rotatable bonds is 8. The smallest absolute Gasteiger partial charge is 0.254 e. The molecule has 0 fully saturated rings. The highest BCUT2D eigenvalue weighted by atomic mass is 32.1. The largest absolute Gasteiger partial charge is 0.497 e. The Morgan fingerprint density at radius 2 is 1.77 bits per heavy atom. The molecule has 7 nitrogen and oxygen atoms in total. The Hall–Kier alpha value is -4.05. The second kappa shape index (κ2) is 10.1. The van der Waals surface area contributed by atoms with Crippen molar-refractivity contribution < 1.29 is 23.0 Å². The molecule has 0 aliphatic carbocycles.